The van der Waals surface area contributed by atoms with Gasteiger partial charge in [0, 0.05) is 28.7 Å². The van der Waals surface area contributed by atoms with Crippen LogP contribution >= 0.6 is 23.2 Å². The van der Waals surface area contributed by atoms with Crippen LogP contribution in [0.3, 0.4) is 0 Å². The zero-order chi connectivity index (χ0) is 27.0. The Bertz CT molecular complexity index is 1220. The number of rotatable bonds is 12. The minimum Gasteiger partial charge on any atom is -0.354 e. The fourth-order valence-electron chi connectivity index (χ4n) is 3.61. The lowest BCUT2D eigenvalue weighted by molar-refractivity contribution is -0.140. The van der Waals surface area contributed by atoms with Crippen LogP contribution in [-0.4, -0.2) is 56.3 Å². The van der Waals surface area contributed by atoms with Crippen molar-refractivity contribution in [2.45, 2.75) is 46.2 Å². The van der Waals surface area contributed by atoms with E-state index < -0.39 is 28.5 Å². The summed E-state index contributed by atoms with van der Waals surface area (Å²) in [5, 5.41) is 3.54. The van der Waals surface area contributed by atoms with Crippen molar-refractivity contribution < 1.29 is 22.8 Å². The van der Waals surface area contributed by atoms with Gasteiger partial charge in [-0.25, -0.2) is 8.42 Å². The first-order chi connectivity index (χ1) is 16.9. The van der Waals surface area contributed by atoms with Crippen molar-refractivity contribution >= 4 is 56.5 Å². The predicted octanol–water partition coefficient (Wildman–Crippen LogP) is 4.30. The fourth-order valence-corrected chi connectivity index (χ4v) is 4.92. The van der Waals surface area contributed by atoms with E-state index >= 15 is 0 Å². The number of carbonyl (C=O) groups excluding carboxylic acids is 3. The van der Waals surface area contributed by atoms with Gasteiger partial charge >= 0.3 is 0 Å². The van der Waals surface area contributed by atoms with E-state index in [1.165, 1.54) is 30.0 Å². The molecule has 11 heteroatoms. The van der Waals surface area contributed by atoms with E-state index in [0.29, 0.717) is 40.6 Å². The summed E-state index contributed by atoms with van der Waals surface area (Å²) < 4.78 is 26.3. The van der Waals surface area contributed by atoms with E-state index in [1.54, 1.807) is 31.2 Å². The number of sulfonamides is 1. The van der Waals surface area contributed by atoms with E-state index in [0.717, 1.165) is 10.6 Å². The molecule has 0 aliphatic carbocycles. The van der Waals surface area contributed by atoms with Crippen LogP contribution in [0.25, 0.3) is 0 Å². The van der Waals surface area contributed by atoms with Crippen LogP contribution in [0.2, 0.25) is 10.0 Å². The van der Waals surface area contributed by atoms with Crippen LogP contribution in [0.15, 0.2) is 42.5 Å². The Labute approximate surface area is 222 Å². The van der Waals surface area contributed by atoms with Crippen LogP contribution in [0.4, 0.5) is 5.69 Å². The predicted molar refractivity (Wildman–Crippen MR) is 143 cm³/mol. The molecule has 196 valence electrons. The first-order valence-electron chi connectivity index (χ1n) is 11.5. The first kappa shape index (κ1) is 29.6. The standard InChI is InChI=1S/C25H31Cl2N3O5S/c1-5-12-28-25(33)23(6-2)29(15-19-10-11-20(26)14-22(19)27)24(32)16-30(36(4,34)35)21-9-7-8-18(13-21)17(3)31/h7-11,13-14,23H,5-6,12,15-16H2,1-4H3,(H,28,33). The van der Waals surface area contributed by atoms with Gasteiger partial charge in [-0.1, -0.05) is 55.2 Å². The molecular formula is C25H31Cl2N3O5S. The number of Topliss-reactive ketones (excluding diaryl/α,β-unsaturated/α-hetero) is 1. The maximum atomic E-state index is 13.7. The van der Waals surface area contributed by atoms with Crippen molar-refractivity contribution in [2.24, 2.45) is 0 Å². The number of halogens is 2. The molecule has 2 rings (SSSR count). The van der Waals surface area contributed by atoms with Crippen molar-refractivity contribution in [2.75, 3.05) is 23.7 Å². The number of nitrogens with one attached hydrogen (secondary N) is 1. The molecule has 0 saturated carbocycles. The van der Waals surface area contributed by atoms with Gasteiger partial charge in [0.05, 0.1) is 11.9 Å². The lowest BCUT2D eigenvalue weighted by Gasteiger charge is -2.33. The summed E-state index contributed by atoms with van der Waals surface area (Å²) in [5.41, 5.74) is 1.04. The molecular weight excluding hydrogens is 525 g/mol. The minimum atomic E-state index is -3.91. The molecule has 2 aromatic carbocycles. The zero-order valence-electron chi connectivity index (χ0n) is 20.8. The smallest absolute Gasteiger partial charge is 0.244 e. The number of benzene rings is 2. The molecule has 0 spiro atoms. The Hall–Kier alpha value is -2.62. The Balaban J connectivity index is 2.49. The molecule has 1 atom stereocenters. The molecule has 0 saturated heterocycles. The van der Waals surface area contributed by atoms with Crippen molar-refractivity contribution in [1.82, 2.24) is 10.2 Å². The number of carbonyl (C=O) groups is 3. The average Bonchev–Trinajstić information content (AvgIpc) is 2.81. The van der Waals surface area contributed by atoms with E-state index in [1.807, 2.05) is 6.92 Å². The highest BCUT2D eigenvalue weighted by molar-refractivity contribution is 7.92. The van der Waals surface area contributed by atoms with Gasteiger partial charge in [0.2, 0.25) is 21.8 Å². The highest BCUT2D eigenvalue weighted by Crippen LogP contribution is 2.25. The van der Waals surface area contributed by atoms with Crippen LogP contribution in [0, 0.1) is 0 Å². The van der Waals surface area contributed by atoms with E-state index in [2.05, 4.69) is 5.32 Å². The average molecular weight is 557 g/mol. The largest absolute Gasteiger partial charge is 0.354 e. The Morgan fingerprint density at radius 2 is 1.75 bits per heavy atom. The van der Waals surface area contributed by atoms with Crippen LogP contribution < -0.4 is 9.62 Å². The van der Waals surface area contributed by atoms with Crippen molar-refractivity contribution in [3.05, 3.63) is 63.6 Å². The zero-order valence-corrected chi connectivity index (χ0v) is 23.1. The molecule has 2 aromatic rings. The minimum absolute atomic E-state index is 0.0298. The number of amides is 2. The number of nitrogens with zero attached hydrogens (tertiary/aromatic N) is 2. The number of hydrogen-bond donors (Lipinski definition) is 1. The molecule has 0 fully saturated rings. The molecule has 0 heterocycles. The third-order valence-electron chi connectivity index (χ3n) is 5.51. The second kappa shape index (κ2) is 13.1. The Kier molecular flexibility index (Phi) is 10.8. The van der Waals surface area contributed by atoms with Crippen molar-refractivity contribution in [3.8, 4) is 0 Å². The quantitative estimate of drug-likeness (QED) is 0.393. The lowest BCUT2D eigenvalue weighted by Crippen LogP contribution is -2.52. The van der Waals surface area contributed by atoms with E-state index in [-0.39, 0.29) is 23.9 Å². The summed E-state index contributed by atoms with van der Waals surface area (Å²) in [6.45, 7) is 4.89. The molecule has 0 aromatic heterocycles. The highest BCUT2D eigenvalue weighted by Gasteiger charge is 2.32. The van der Waals surface area contributed by atoms with Gasteiger partial charge in [-0.15, -0.1) is 0 Å². The molecule has 0 aliphatic rings. The Morgan fingerprint density at radius 3 is 2.31 bits per heavy atom. The summed E-state index contributed by atoms with van der Waals surface area (Å²) in [4.78, 5) is 39.8. The number of ketones is 1. The molecule has 8 nitrogen and oxygen atoms in total. The SMILES string of the molecule is CCCNC(=O)C(CC)N(Cc1ccc(Cl)cc1Cl)C(=O)CN(c1cccc(C(C)=O)c1)S(C)(=O)=O. The van der Waals surface area contributed by atoms with Crippen LogP contribution in [0.5, 0.6) is 0 Å². The number of hydrogen-bond acceptors (Lipinski definition) is 5. The summed E-state index contributed by atoms with van der Waals surface area (Å²) in [7, 11) is -3.91. The molecule has 2 amide bonds. The van der Waals surface area contributed by atoms with E-state index in [4.69, 9.17) is 23.2 Å². The normalized spacial score (nSPS) is 12.1. The summed E-state index contributed by atoms with van der Waals surface area (Å²) >= 11 is 12.4. The van der Waals surface area contributed by atoms with Crippen molar-refractivity contribution in [3.63, 3.8) is 0 Å². The summed E-state index contributed by atoms with van der Waals surface area (Å²) in [6, 6.07) is 10.00. The second-order valence-electron chi connectivity index (χ2n) is 8.35. The Morgan fingerprint density at radius 1 is 1.06 bits per heavy atom. The molecule has 1 unspecified atom stereocenters. The molecule has 1 N–H and O–H groups in total. The van der Waals surface area contributed by atoms with Crippen LogP contribution in [-0.2, 0) is 26.2 Å². The molecule has 0 radical (unpaired) electrons. The monoisotopic (exact) mass is 555 g/mol. The van der Waals surface area contributed by atoms with Crippen LogP contribution in [0.1, 0.15) is 49.5 Å². The van der Waals surface area contributed by atoms with Gasteiger partial charge in [-0.3, -0.25) is 18.7 Å². The number of anilines is 1. The first-order valence-corrected chi connectivity index (χ1v) is 14.1. The van der Waals surface area contributed by atoms with Gasteiger partial charge in [0.15, 0.2) is 5.78 Å². The van der Waals surface area contributed by atoms with Gasteiger partial charge in [-0.2, -0.15) is 0 Å². The van der Waals surface area contributed by atoms with E-state index in [9.17, 15) is 22.8 Å². The summed E-state index contributed by atoms with van der Waals surface area (Å²) in [5.74, 6) is -1.19. The highest BCUT2D eigenvalue weighted by atomic mass is 35.5. The molecule has 36 heavy (non-hydrogen) atoms. The maximum Gasteiger partial charge on any atom is 0.244 e. The maximum absolute atomic E-state index is 13.7. The summed E-state index contributed by atoms with van der Waals surface area (Å²) in [6.07, 6.45) is 1.99. The van der Waals surface area contributed by atoms with Gasteiger partial charge < -0.3 is 10.2 Å². The van der Waals surface area contributed by atoms with Gasteiger partial charge in [-0.05, 0) is 49.6 Å². The van der Waals surface area contributed by atoms with Gasteiger partial charge in [0.1, 0.15) is 12.6 Å². The van der Waals surface area contributed by atoms with Gasteiger partial charge in [0.25, 0.3) is 0 Å². The fraction of sp³-hybridized carbons (Fsp3) is 0.400. The molecule has 0 bridgehead atoms. The third-order valence-corrected chi connectivity index (χ3v) is 7.24. The van der Waals surface area contributed by atoms with Crippen molar-refractivity contribution in [1.29, 1.82) is 0 Å². The lowest BCUT2D eigenvalue weighted by atomic mass is 10.1. The topological polar surface area (TPSA) is 104 Å². The third kappa shape index (κ3) is 7.94. The molecule has 0 aliphatic heterocycles. The second-order valence-corrected chi connectivity index (χ2v) is 11.1.